The van der Waals surface area contributed by atoms with Crippen LogP contribution in [0.1, 0.15) is 70.1 Å². The topological polar surface area (TPSA) is 169 Å². The number of H-pyrrole nitrogens is 1. The first-order chi connectivity index (χ1) is 24.0. The van der Waals surface area contributed by atoms with E-state index in [1.807, 2.05) is 44.2 Å². The van der Waals surface area contributed by atoms with E-state index in [4.69, 9.17) is 9.47 Å². The molecule has 0 aliphatic heterocycles. The SMILES string of the molecule is COCCOCCN(C)C(=O)N[C@@H](Cc1ccccc1)C(=O)N(C)[C@@H](Cc1cnc[nH]1)C(=O)N[C@@H](CC1CCCCC1)[C@@H](O)C[C@H](O)C(C)C. The molecule has 13 heteroatoms. The summed E-state index contributed by atoms with van der Waals surface area (Å²) in [5.41, 5.74) is 1.50. The lowest BCUT2D eigenvalue weighted by atomic mass is 9.82. The number of aliphatic hydroxyl groups excluding tert-OH is 2. The summed E-state index contributed by atoms with van der Waals surface area (Å²) >= 11 is 0. The second-order valence-electron chi connectivity index (χ2n) is 13.9. The van der Waals surface area contributed by atoms with E-state index < -0.39 is 48.2 Å². The number of amides is 4. The molecule has 1 heterocycles. The predicted molar refractivity (Wildman–Crippen MR) is 191 cm³/mol. The fourth-order valence-electron chi connectivity index (χ4n) is 6.32. The van der Waals surface area contributed by atoms with Crippen LogP contribution in [-0.2, 0) is 31.9 Å². The molecule has 5 N–H and O–H groups in total. The van der Waals surface area contributed by atoms with E-state index in [-0.39, 0.29) is 25.2 Å². The van der Waals surface area contributed by atoms with Crippen molar-refractivity contribution in [3.05, 3.63) is 54.1 Å². The van der Waals surface area contributed by atoms with Crippen molar-refractivity contribution in [2.45, 2.75) is 102 Å². The van der Waals surface area contributed by atoms with E-state index >= 15 is 0 Å². The number of nitrogens with one attached hydrogen (secondary N) is 3. The minimum absolute atomic E-state index is 0.0495. The third kappa shape index (κ3) is 13.7. The molecule has 1 aromatic heterocycles. The van der Waals surface area contributed by atoms with Crippen molar-refractivity contribution >= 4 is 17.8 Å². The van der Waals surface area contributed by atoms with Gasteiger partial charge in [-0.1, -0.05) is 76.3 Å². The first-order valence-electron chi connectivity index (χ1n) is 18.0. The summed E-state index contributed by atoms with van der Waals surface area (Å²) in [5, 5.41) is 28.0. The van der Waals surface area contributed by atoms with Gasteiger partial charge in [0.2, 0.25) is 11.8 Å². The van der Waals surface area contributed by atoms with E-state index in [1.54, 1.807) is 27.4 Å². The summed E-state index contributed by atoms with van der Waals surface area (Å²) in [7, 11) is 4.78. The number of ether oxygens (including phenoxy) is 2. The van der Waals surface area contributed by atoms with Gasteiger partial charge in [0.05, 0.1) is 44.4 Å². The molecule has 4 amide bonds. The van der Waals surface area contributed by atoms with Gasteiger partial charge in [-0.05, 0) is 23.8 Å². The van der Waals surface area contributed by atoms with Gasteiger partial charge < -0.3 is 45.1 Å². The number of hydrogen-bond donors (Lipinski definition) is 5. The number of carbonyl (C=O) groups is 3. The Morgan fingerprint density at radius 3 is 2.34 bits per heavy atom. The second kappa shape index (κ2) is 21.6. The molecular formula is C37H60N6O7. The maximum absolute atomic E-state index is 14.3. The zero-order valence-corrected chi connectivity index (χ0v) is 30.6. The van der Waals surface area contributed by atoms with Crippen molar-refractivity contribution < 1.29 is 34.1 Å². The van der Waals surface area contributed by atoms with Gasteiger partial charge in [-0.15, -0.1) is 0 Å². The third-order valence-electron chi connectivity index (χ3n) is 9.67. The molecule has 0 radical (unpaired) electrons. The molecule has 1 saturated carbocycles. The van der Waals surface area contributed by atoms with Gasteiger partial charge in [0.15, 0.2) is 0 Å². The van der Waals surface area contributed by atoms with Crippen LogP contribution in [0.3, 0.4) is 0 Å². The number of urea groups is 1. The Balaban J connectivity index is 1.84. The molecule has 5 atom stereocenters. The van der Waals surface area contributed by atoms with Gasteiger partial charge in [0.25, 0.3) is 0 Å². The Bertz CT molecular complexity index is 1260. The number of hydrogen-bond acceptors (Lipinski definition) is 8. The Kier molecular flexibility index (Phi) is 17.7. The third-order valence-corrected chi connectivity index (χ3v) is 9.67. The summed E-state index contributed by atoms with van der Waals surface area (Å²) in [6.45, 7) is 5.25. The lowest BCUT2D eigenvalue weighted by molar-refractivity contribution is -0.141. The maximum atomic E-state index is 14.3. The molecule has 3 rings (SSSR count). The van der Waals surface area contributed by atoms with Crippen LogP contribution < -0.4 is 10.6 Å². The summed E-state index contributed by atoms with van der Waals surface area (Å²) < 4.78 is 10.5. The molecule has 0 spiro atoms. The lowest BCUT2D eigenvalue weighted by Gasteiger charge is -2.35. The van der Waals surface area contributed by atoms with E-state index in [0.29, 0.717) is 44.4 Å². The monoisotopic (exact) mass is 700 g/mol. The van der Waals surface area contributed by atoms with Crippen LogP contribution in [0.5, 0.6) is 0 Å². The maximum Gasteiger partial charge on any atom is 0.317 e. The Hall–Kier alpha value is -3.52. The summed E-state index contributed by atoms with van der Waals surface area (Å²) in [6.07, 6.45) is 7.95. The van der Waals surface area contributed by atoms with Crippen molar-refractivity contribution in [2.75, 3.05) is 47.6 Å². The quantitative estimate of drug-likeness (QED) is 0.124. The van der Waals surface area contributed by atoms with Gasteiger partial charge in [0.1, 0.15) is 12.1 Å². The highest BCUT2D eigenvalue weighted by Crippen LogP contribution is 2.29. The van der Waals surface area contributed by atoms with Crippen LogP contribution in [0.4, 0.5) is 4.79 Å². The molecule has 0 saturated heterocycles. The number of benzene rings is 1. The molecule has 1 aliphatic rings. The standard InChI is InChI=1S/C37H60N6O7/c1-26(2)33(44)23-34(45)30(20-27-12-8-6-9-13-27)40-35(46)32(22-29-24-38-25-39-29)43(4)36(47)31(21-28-14-10-7-11-15-28)41-37(48)42(3)16-17-50-19-18-49-5/h7,10-11,14-15,24-27,30-34,44-45H,6,8-9,12-13,16-23H2,1-5H3,(H,38,39)(H,40,46)(H,41,48)/t30-,31-,32-,33-,34-/m0/s1. The molecule has 2 aromatic rings. The van der Waals surface area contributed by atoms with E-state index in [0.717, 1.165) is 31.2 Å². The summed E-state index contributed by atoms with van der Waals surface area (Å²) in [5.74, 6) is -0.569. The Labute approximate surface area is 297 Å². The van der Waals surface area contributed by atoms with Crippen molar-refractivity contribution in [3.63, 3.8) is 0 Å². The van der Waals surface area contributed by atoms with Crippen molar-refractivity contribution in [1.29, 1.82) is 0 Å². The highest BCUT2D eigenvalue weighted by atomic mass is 16.5. The molecule has 1 fully saturated rings. The largest absolute Gasteiger partial charge is 0.393 e. The number of imidazole rings is 1. The first-order valence-corrected chi connectivity index (χ1v) is 18.0. The number of likely N-dealkylation sites (N-methyl/N-ethyl adjacent to an activating group) is 2. The van der Waals surface area contributed by atoms with Crippen molar-refractivity contribution in [2.24, 2.45) is 11.8 Å². The lowest BCUT2D eigenvalue weighted by Crippen LogP contribution is -2.59. The zero-order valence-electron chi connectivity index (χ0n) is 30.6. The molecule has 0 bridgehead atoms. The number of rotatable bonds is 21. The summed E-state index contributed by atoms with van der Waals surface area (Å²) in [6, 6.07) is 6.38. The van der Waals surface area contributed by atoms with Crippen LogP contribution in [0.25, 0.3) is 0 Å². The van der Waals surface area contributed by atoms with Gasteiger partial charge in [-0.3, -0.25) is 9.59 Å². The van der Waals surface area contributed by atoms with Gasteiger partial charge in [0, 0.05) is 58.9 Å². The van der Waals surface area contributed by atoms with Gasteiger partial charge >= 0.3 is 6.03 Å². The predicted octanol–water partition coefficient (Wildman–Crippen LogP) is 2.92. The van der Waals surface area contributed by atoms with E-state index in [2.05, 4.69) is 20.6 Å². The fraction of sp³-hybridized carbons (Fsp3) is 0.676. The molecular weight excluding hydrogens is 640 g/mol. The minimum Gasteiger partial charge on any atom is -0.393 e. The Morgan fingerprint density at radius 2 is 1.70 bits per heavy atom. The number of aromatic amines is 1. The van der Waals surface area contributed by atoms with Crippen LogP contribution >= 0.6 is 0 Å². The average Bonchev–Trinajstić information content (AvgIpc) is 3.63. The van der Waals surface area contributed by atoms with Crippen molar-refractivity contribution in [3.8, 4) is 0 Å². The minimum atomic E-state index is -0.985. The van der Waals surface area contributed by atoms with E-state index in [1.165, 1.54) is 22.5 Å². The highest BCUT2D eigenvalue weighted by Gasteiger charge is 2.36. The number of nitrogens with zero attached hydrogens (tertiary/aromatic N) is 3. The van der Waals surface area contributed by atoms with E-state index in [9.17, 15) is 24.6 Å². The van der Waals surface area contributed by atoms with Crippen LogP contribution in [0, 0.1) is 11.8 Å². The molecule has 0 unspecified atom stereocenters. The molecule has 50 heavy (non-hydrogen) atoms. The summed E-state index contributed by atoms with van der Waals surface area (Å²) in [4.78, 5) is 51.9. The molecule has 280 valence electrons. The molecule has 13 nitrogen and oxygen atoms in total. The van der Waals surface area contributed by atoms with Crippen molar-refractivity contribution in [1.82, 2.24) is 30.4 Å². The van der Waals surface area contributed by atoms with Crippen LogP contribution in [-0.4, -0.2) is 126 Å². The van der Waals surface area contributed by atoms with Gasteiger partial charge in [-0.2, -0.15) is 0 Å². The van der Waals surface area contributed by atoms with Crippen LogP contribution in [0.15, 0.2) is 42.9 Å². The highest BCUT2D eigenvalue weighted by molar-refractivity contribution is 5.92. The fourth-order valence-corrected chi connectivity index (χ4v) is 6.32. The van der Waals surface area contributed by atoms with Crippen LogP contribution in [0.2, 0.25) is 0 Å². The normalized spacial score (nSPS) is 16.6. The molecule has 1 aromatic carbocycles. The number of methoxy groups -OCH3 is 1. The smallest absolute Gasteiger partial charge is 0.317 e. The van der Waals surface area contributed by atoms with Gasteiger partial charge in [-0.25, -0.2) is 9.78 Å². The Morgan fingerprint density at radius 1 is 0.980 bits per heavy atom. The number of aliphatic hydroxyl groups is 2. The molecule has 1 aliphatic carbocycles. The number of carbonyl (C=O) groups excluding carboxylic acids is 3. The first kappa shape index (κ1) is 40.9. The zero-order chi connectivity index (χ0) is 36.5. The second-order valence-corrected chi connectivity index (χ2v) is 13.9. The average molecular weight is 701 g/mol. The number of aromatic nitrogens is 2.